The molecule has 0 saturated carbocycles. The first-order chi connectivity index (χ1) is 16.0. The van der Waals surface area contributed by atoms with Gasteiger partial charge in [0.2, 0.25) is 0 Å². The van der Waals surface area contributed by atoms with E-state index in [1.165, 1.54) is 0 Å². The van der Waals surface area contributed by atoms with Crippen molar-refractivity contribution in [3.63, 3.8) is 0 Å². The highest BCUT2D eigenvalue weighted by molar-refractivity contribution is 5.53. The van der Waals surface area contributed by atoms with E-state index in [1.54, 1.807) is 18.2 Å². The Balaban J connectivity index is 2.03. The molecule has 0 bridgehead atoms. The number of benzene rings is 3. The van der Waals surface area contributed by atoms with Gasteiger partial charge in [-0.25, -0.2) is 0 Å². The van der Waals surface area contributed by atoms with Gasteiger partial charge in [-0.1, -0.05) is 64.1 Å². The van der Waals surface area contributed by atoms with Crippen molar-refractivity contribution in [2.45, 2.75) is 65.0 Å². The average molecular weight is 467 g/mol. The number of hydrogen-bond acceptors (Lipinski definition) is 6. The smallest absolute Gasteiger partial charge is 0.126 e. The fourth-order valence-corrected chi connectivity index (χ4v) is 4.55. The van der Waals surface area contributed by atoms with Crippen molar-refractivity contribution in [1.82, 2.24) is 0 Å². The van der Waals surface area contributed by atoms with Crippen molar-refractivity contribution in [1.29, 1.82) is 0 Å². The number of hydrogen-bond donors (Lipinski definition) is 6. The Hall–Kier alpha value is -2.90. The summed E-state index contributed by atoms with van der Waals surface area (Å²) in [5.41, 5.74) is 4.14. The fourth-order valence-electron chi connectivity index (χ4n) is 4.55. The van der Waals surface area contributed by atoms with Gasteiger partial charge >= 0.3 is 0 Å². The fraction of sp³-hybridized carbons (Fsp3) is 0.357. The van der Waals surface area contributed by atoms with Crippen LogP contribution in [-0.2, 0) is 37.3 Å². The summed E-state index contributed by atoms with van der Waals surface area (Å²) in [6.45, 7) is 6.80. The van der Waals surface area contributed by atoms with Crippen LogP contribution in [0.2, 0.25) is 0 Å². The van der Waals surface area contributed by atoms with Crippen LogP contribution >= 0.6 is 0 Å². The summed E-state index contributed by atoms with van der Waals surface area (Å²) in [6.07, 6.45) is 0. The molecular formula is C28H34O6. The molecule has 0 amide bonds. The van der Waals surface area contributed by atoms with E-state index in [0.29, 0.717) is 22.3 Å². The van der Waals surface area contributed by atoms with E-state index < -0.39 is 10.8 Å². The zero-order chi connectivity index (χ0) is 25.3. The van der Waals surface area contributed by atoms with Crippen LogP contribution in [0.15, 0.2) is 48.5 Å². The summed E-state index contributed by atoms with van der Waals surface area (Å²) < 4.78 is 0. The summed E-state index contributed by atoms with van der Waals surface area (Å²) in [6, 6.07) is 15.1. The molecule has 34 heavy (non-hydrogen) atoms. The van der Waals surface area contributed by atoms with Crippen LogP contribution in [-0.4, -0.2) is 30.6 Å². The van der Waals surface area contributed by atoms with Gasteiger partial charge in [-0.05, 0) is 34.4 Å². The third-order valence-corrected chi connectivity index (χ3v) is 7.03. The molecule has 0 heterocycles. The summed E-state index contributed by atoms with van der Waals surface area (Å²) in [7, 11) is 0. The monoisotopic (exact) mass is 466 g/mol. The Morgan fingerprint density at radius 3 is 1.44 bits per heavy atom. The second-order valence-electron chi connectivity index (χ2n) is 9.70. The van der Waals surface area contributed by atoms with E-state index in [1.807, 2.05) is 58.0 Å². The summed E-state index contributed by atoms with van der Waals surface area (Å²) in [5, 5.41) is 59.3. The highest BCUT2D eigenvalue weighted by Gasteiger charge is 2.30. The molecule has 0 spiro atoms. The number of aromatic hydroxyl groups is 2. The van der Waals surface area contributed by atoms with Crippen LogP contribution in [0, 0.1) is 0 Å². The predicted molar refractivity (Wildman–Crippen MR) is 131 cm³/mol. The minimum absolute atomic E-state index is 0.0833. The lowest BCUT2D eigenvalue weighted by Crippen LogP contribution is -2.23. The number of aliphatic hydroxyl groups excluding tert-OH is 4. The van der Waals surface area contributed by atoms with Gasteiger partial charge in [0.05, 0.1) is 26.4 Å². The van der Waals surface area contributed by atoms with Crippen LogP contribution < -0.4 is 0 Å². The Morgan fingerprint density at radius 2 is 1.00 bits per heavy atom. The van der Waals surface area contributed by atoms with Gasteiger partial charge in [-0.15, -0.1) is 0 Å². The molecule has 0 aliphatic heterocycles. The van der Waals surface area contributed by atoms with Gasteiger partial charge in [-0.3, -0.25) is 0 Å². The molecule has 6 heteroatoms. The summed E-state index contributed by atoms with van der Waals surface area (Å²) in [5.74, 6) is -0.170. The van der Waals surface area contributed by atoms with Crippen LogP contribution in [0.25, 0.3) is 0 Å². The first-order valence-electron chi connectivity index (χ1n) is 11.3. The second kappa shape index (κ2) is 9.76. The van der Waals surface area contributed by atoms with Gasteiger partial charge in [0.1, 0.15) is 11.5 Å². The first-order valence-corrected chi connectivity index (χ1v) is 11.3. The van der Waals surface area contributed by atoms with Gasteiger partial charge in [0.15, 0.2) is 0 Å². The van der Waals surface area contributed by atoms with Crippen molar-refractivity contribution in [2.24, 2.45) is 0 Å². The quantitative estimate of drug-likeness (QED) is 0.301. The molecule has 0 aliphatic carbocycles. The van der Waals surface area contributed by atoms with Crippen LogP contribution in [0.3, 0.4) is 0 Å². The lowest BCUT2D eigenvalue weighted by molar-refractivity contribution is 0.261. The van der Waals surface area contributed by atoms with E-state index in [-0.39, 0.29) is 37.9 Å². The van der Waals surface area contributed by atoms with Crippen LogP contribution in [0.1, 0.15) is 72.2 Å². The average Bonchev–Trinajstić information content (AvgIpc) is 2.83. The molecule has 3 aromatic carbocycles. The standard InChI is InChI=1S/C28H34O6/c1-27(2,22-11-18(14-30)25(33)19(12-22)15-31)20-6-8-21(9-7-20)28(3,4)24-10-5-17(13-29)26(34)23(24)16-32/h5-12,29-34H,13-16H2,1-4H3. The minimum atomic E-state index is -0.529. The highest BCUT2D eigenvalue weighted by atomic mass is 16.3. The van der Waals surface area contributed by atoms with Gasteiger partial charge in [-0.2, -0.15) is 0 Å². The third kappa shape index (κ3) is 4.42. The SMILES string of the molecule is CC(C)(c1ccc(C(C)(C)c2ccc(CO)c(O)c2CO)cc1)c1cc(CO)c(O)c(CO)c1. The molecule has 0 saturated heterocycles. The lowest BCUT2D eigenvalue weighted by atomic mass is 9.73. The Kier molecular flexibility index (Phi) is 7.38. The van der Waals surface area contributed by atoms with Gasteiger partial charge in [0, 0.05) is 33.1 Å². The van der Waals surface area contributed by atoms with E-state index in [2.05, 4.69) is 0 Å². The topological polar surface area (TPSA) is 121 Å². The molecule has 0 unspecified atom stereocenters. The molecule has 0 aliphatic rings. The second-order valence-corrected chi connectivity index (χ2v) is 9.70. The van der Waals surface area contributed by atoms with Gasteiger partial charge in [0.25, 0.3) is 0 Å². The van der Waals surface area contributed by atoms with Crippen molar-refractivity contribution in [2.75, 3.05) is 0 Å². The molecule has 0 atom stereocenters. The van der Waals surface area contributed by atoms with Crippen molar-refractivity contribution >= 4 is 0 Å². The Labute approximate surface area is 200 Å². The third-order valence-electron chi connectivity index (χ3n) is 7.03. The van der Waals surface area contributed by atoms with E-state index in [9.17, 15) is 30.6 Å². The predicted octanol–water partition coefficient (Wildman–Crippen LogP) is 3.72. The lowest BCUT2D eigenvalue weighted by Gasteiger charge is -2.31. The molecule has 0 aromatic heterocycles. The summed E-state index contributed by atoms with van der Waals surface area (Å²) >= 11 is 0. The molecular weight excluding hydrogens is 432 g/mol. The van der Waals surface area contributed by atoms with Gasteiger partial charge < -0.3 is 30.6 Å². The zero-order valence-corrected chi connectivity index (χ0v) is 20.1. The maximum absolute atomic E-state index is 10.5. The number of aliphatic hydroxyl groups is 4. The molecule has 0 fully saturated rings. The largest absolute Gasteiger partial charge is 0.507 e. The normalized spacial score (nSPS) is 12.2. The van der Waals surface area contributed by atoms with E-state index in [4.69, 9.17) is 0 Å². The molecule has 6 N–H and O–H groups in total. The van der Waals surface area contributed by atoms with Crippen molar-refractivity contribution < 1.29 is 30.6 Å². The maximum Gasteiger partial charge on any atom is 0.126 e. The molecule has 0 radical (unpaired) electrons. The van der Waals surface area contributed by atoms with Crippen molar-refractivity contribution in [3.8, 4) is 11.5 Å². The van der Waals surface area contributed by atoms with Crippen LogP contribution in [0.4, 0.5) is 0 Å². The first kappa shape index (κ1) is 25.7. The van der Waals surface area contributed by atoms with E-state index >= 15 is 0 Å². The maximum atomic E-state index is 10.5. The minimum Gasteiger partial charge on any atom is -0.507 e. The molecule has 3 aromatic rings. The molecule has 182 valence electrons. The highest BCUT2D eigenvalue weighted by Crippen LogP contribution is 2.40. The Morgan fingerprint density at radius 1 is 0.529 bits per heavy atom. The zero-order valence-electron chi connectivity index (χ0n) is 20.1. The molecule has 6 nitrogen and oxygen atoms in total. The Bertz CT molecular complexity index is 1140. The number of rotatable bonds is 8. The van der Waals surface area contributed by atoms with Crippen LogP contribution in [0.5, 0.6) is 11.5 Å². The van der Waals surface area contributed by atoms with Crippen molar-refractivity contribution in [3.05, 3.63) is 93.0 Å². The number of phenols is 2. The van der Waals surface area contributed by atoms with E-state index in [0.717, 1.165) is 22.3 Å². The summed E-state index contributed by atoms with van der Waals surface area (Å²) in [4.78, 5) is 0. The molecule has 3 rings (SSSR count).